The fourth-order valence-electron chi connectivity index (χ4n) is 2.43. The summed E-state index contributed by atoms with van der Waals surface area (Å²) >= 11 is 8.54. The summed E-state index contributed by atoms with van der Waals surface area (Å²) in [4.78, 5) is 14.9. The lowest BCUT2D eigenvalue weighted by Crippen LogP contribution is -2.49. The summed E-state index contributed by atoms with van der Waals surface area (Å²) in [5, 5.41) is 0. The lowest BCUT2D eigenvalue weighted by molar-refractivity contribution is 0.0680. The number of hydrogen-bond acceptors (Lipinski definition) is 2. The summed E-state index contributed by atoms with van der Waals surface area (Å²) < 4.78 is 0.815. The Morgan fingerprint density at radius 2 is 2.21 bits per heavy atom. The van der Waals surface area contributed by atoms with E-state index in [-0.39, 0.29) is 11.9 Å². The average Bonchev–Trinajstić information content (AvgIpc) is 2.40. The predicted octanol–water partition coefficient (Wildman–Crippen LogP) is 3.04. The molecule has 1 saturated heterocycles. The van der Waals surface area contributed by atoms with E-state index in [1.54, 1.807) is 0 Å². The van der Waals surface area contributed by atoms with Gasteiger partial charge in [0.1, 0.15) is 0 Å². The third kappa shape index (κ3) is 3.15. The van der Waals surface area contributed by atoms with Crippen LogP contribution in [0.1, 0.15) is 35.2 Å². The Labute approximate surface area is 127 Å². The second-order valence-corrected chi connectivity index (χ2v) is 6.22. The first-order chi connectivity index (χ1) is 9.00. The maximum Gasteiger partial charge on any atom is 0.255 e. The van der Waals surface area contributed by atoms with Crippen molar-refractivity contribution in [2.75, 3.05) is 6.54 Å². The van der Waals surface area contributed by atoms with Gasteiger partial charge in [0.2, 0.25) is 0 Å². The van der Waals surface area contributed by atoms with Crippen molar-refractivity contribution in [3.63, 3.8) is 0 Å². The van der Waals surface area contributed by atoms with Gasteiger partial charge in [0.15, 0.2) is 0 Å². The molecule has 1 fully saturated rings. The standard InChI is InChI=1S/C14H17BrN2OS/c1-9-5-6-11(15)10(8-9)14(18)17-7-3-2-4-12(17)13(16)19/h5-6,8,12H,2-4,7H2,1H3,(H2,16,19). The van der Waals surface area contributed by atoms with Crippen molar-refractivity contribution in [2.45, 2.75) is 32.2 Å². The lowest BCUT2D eigenvalue weighted by atomic mass is 10.0. The topological polar surface area (TPSA) is 46.3 Å². The smallest absolute Gasteiger partial charge is 0.255 e. The van der Waals surface area contributed by atoms with E-state index in [4.69, 9.17) is 18.0 Å². The van der Waals surface area contributed by atoms with Gasteiger partial charge in [-0.15, -0.1) is 0 Å². The van der Waals surface area contributed by atoms with E-state index in [0.717, 1.165) is 35.8 Å². The highest BCUT2D eigenvalue weighted by molar-refractivity contribution is 9.10. The molecule has 1 heterocycles. The second kappa shape index (κ2) is 6.01. The number of carbonyl (C=O) groups excluding carboxylic acids is 1. The highest BCUT2D eigenvalue weighted by Crippen LogP contribution is 2.24. The Balaban J connectivity index is 2.31. The maximum absolute atomic E-state index is 12.7. The minimum atomic E-state index is -0.108. The van der Waals surface area contributed by atoms with Crippen LogP contribution in [-0.2, 0) is 0 Å². The van der Waals surface area contributed by atoms with Crippen molar-refractivity contribution in [1.82, 2.24) is 4.90 Å². The van der Waals surface area contributed by atoms with Crippen LogP contribution < -0.4 is 5.73 Å². The Bertz CT molecular complexity index is 518. The zero-order chi connectivity index (χ0) is 14.0. The number of thiocarbonyl (C=S) groups is 1. The minimum Gasteiger partial charge on any atom is -0.392 e. The van der Waals surface area contributed by atoms with Gasteiger partial charge in [0.05, 0.1) is 16.6 Å². The van der Waals surface area contributed by atoms with Crippen LogP contribution in [0.4, 0.5) is 0 Å². The van der Waals surface area contributed by atoms with Crippen molar-refractivity contribution in [3.05, 3.63) is 33.8 Å². The number of nitrogens with zero attached hydrogens (tertiary/aromatic N) is 1. The molecule has 3 nitrogen and oxygen atoms in total. The van der Waals surface area contributed by atoms with Crippen molar-refractivity contribution in [2.24, 2.45) is 5.73 Å². The van der Waals surface area contributed by atoms with Crippen LogP contribution in [-0.4, -0.2) is 28.4 Å². The Morgan fingerprint density at radius 1 is 1.47 bits per heavy atom. The zero-order valence-corrected chi connectivity index (χ0v) is 13.3. The predicted molar refractivity (Wildman–Crippen MR) is 84.3 cm³/mol. The Kier molecular flexibility index (Phi) is 4.58. The molecule has 1 aliphatic heterocycles. The second-order valence-electron chi connectivity index (χ2n) is 4.90. The number of amides is 1. The fourth-order valence-corrected chi connectivity index (χ4v) is 3.09. The van der Waals surface area contributed by atoms with Gasteiger partial charge in [-0.3, -0.25) is 4.79 Å². The molecule has 0 saturated carbocycles. The maximum atomic E-state index is 12.7. The fraction of sp³-hybridized carbons (Fsp3) is 0.429. The molecule has 0 radical (unpaired) electrons. The number of rotatable bonds is 2. The number of carbonyl (C=O) groups is 1. The molecule has 102 valence electrons. The van der Waals surface area contributed by atoms with Crippen LogP contribution in [0.2, 0.25) is 0 Å². The normalized spacial score (nSPS) is 19.3. The van der Waals surface area contributed by atoms with Gasteiger partial charge in [-0.2, -0.15) is 0 Å². The number of hydrogen-bond donors (Lipinski definition) is 1. The SMILES string of the molecule is Cc1ccc(Br)c(C(=O)N2CCCCC2C(N)=S)c1. The van der Waals surface area contributed by atoms with E-state index in [0.29, 0.717) is 10.6 Å². The van der Waals surface area contributed by atoms with Crippen LogP contribution in [0.5, 0.6) is 0 Å². The number of likely N-dealkylation sites (tertiary alicyclic amines) is 1. The first-order valence-electron chi connectivity index (χ1n) is 6.37. The molecule has 1 unspecified atom stereocenters. The summed E-state index contributed by atoms with van der Waals surface area (Å²) in [6, 6.07) is 5.67. The van der Waals surface area contributed by atoms with Gasteiger partial charge in [0, 0.05) is 11.0 Å². The zero-order valence-electron chi connectivity index (χ0n) is 10.9. The number of halogens is 1. The van der Waals surface area contributed by atoms with E-state index in [1.807, 2.05) is 30.0 Å². The van der Waals surface area contributed by atoms with E-state index in [1.165, 1.54) is 0 Å². The van der Waals surface area contributed by atoms with E-state index in [9.17, 15) is 4.79 Å². The average molecular weight is 341 g/mol. The molecule has 1 aromatic rings. The van der Waals surface area contributed by atoms with Gasteiger partial charge < -0.3 is 10.6 Å². The molecular formula is C14H17BrN2OS. The van der Waals surface area contributed by atoms with Gasteiger partial charge in [-0.25, -0.2) is 0 Å². The van der Waals surface area contributed by atoms with E-state index >= 15 is 0 Å². The van der Waals surface area contributed by atoms with Gasteiger partial charge in [-0.1, -0.05) is 23.8 Å². The van der Waals surface area contributed by atoms with Crippen molar-refractivity contribution < 1.29 is 4.79 Å². The summed E-state index contributed by atoms with van der Waals surface area (Å²) in [6.45, 7) is 2.70. The summed E-state index contributed by atoms with van der Waals surface area (Å²) in [5.41, 5.74) is 7.52. The molecule has 0 bridgehead atoms. The highest BCUT2D eigenvalue weighted by atomic mass is 79.9. The van der Waals surface area contributed by atoms with Gasteiger partial charge in [0.25, 0.3) is 5.91 Å². The molecule has 1 aliphatic rings. The first kappa shape index (κ1) is 14.5. The molecular weight excluding hydrogens is 324 g/mol. The largest absolute Gasteiger partial charge is 0.392 e. The summed E-state index contributed by atoms with van der Waals surface area (Å²) in [7, 11) is 0. The molecule has 0 aliphatic carbocycles. The highest BCUT2D eigenvalue weighted by Gasteiger charge is 2.30. The van der Waals surface area contributed by atoms with Crippen LogP contribution >= 0.6 is 28.1 Å². The van der Waals surface area contributed by atoms with Gasteiger partial charge >= 0.3 is 0 Å². The lowest BCUT2D eigenvalue weighted by Gasteiger charge is -2.35. The summed E-state index contributed by atoms with van der Waals surface area (Å²) in [5.74, 6) is 0.00748. The monoisotopic (exact) mass is 340 g/mol. The molecule has 1 aromatic carbocycles. The minimum absolute atomic E-state index is 0.00748. The van der Waals surface area contributed by atoms with Crippen LogP contribution in [0.25, 0.3) is 0 Å². The number of aryl methyl sites for hydroxylation is 1. The van der Waals surface area contributed by atoms with Crippen molar-refractivity contribution in [3.8, 4) is 0 Å². The van der Waals surface area contributed by atoms with E-state index < -0.39 is 0 Å². The molecule has 5 heteroatoms. The molecule has 0 aromatic heterocycles. The quantitative estimate of drug-likeness (QED) is 0.841. The number of nitrogens with two attached hydrogens (primary N) is 1. The molecule has 19 heavy (non-hydrogen) atoms. The van der Waals surface area contributed by atoms with Gasteiger partial charge in [-0.05, 0) is 54.2 Å². The Hall–Kier alpha value is -0.940. The third-order valence-corrected chi connectivity index (χ3v) is 4.41. The molecule has 2 N–H and O–H groups in total. The van der Waals surface area contributed by atoms with Crippen molar-refractivity contribution in [1.29, 1.82) is 0 Å². The molecule has 0 spiro atoms. The number of piperidine rings is 1. The first-order valence-corrected chi connectivity index (χ1v) is 7.57. The molecule has 1 atom stereocenters. The molecule has 1 amide bonds. The van der Waals surface area contributed by atoms with Crippen LogP contribution in [0, 0.1) is 6.92 Å². The molecule has 2 rings (SSSR count). The Morgan fingerprint density at radius 3 is 2.89 bits per heavy atom. The summed E-state index contributed by atoms with van der Waals surface area (Å²) in [6.07, 6.45) is 2.94. The number of benzene rings is 1. The third-order valence-electron chi connectivity index (χ3n) is 3.44. The van der Waals surface area contributed by atoms with Crippen LogP contribution in [0.3, 0.4) is 0 Å². The van der Waals surface area contributed by atoms with Crippen molar-refractivity contribution >= 4 is 39.0 Å². The van der Waals surface area contributed by atoms with E-state index in [2.05, 4.69) is 15.9 Å². The van der Waals surface area contributed by atoms with Crippen LogP contribution in [0.15, 0.2) is 22.7 Å².